The molecule has 17 heteroatoms. The van der Waals surface area contributed by atoms with E-state index in [0.29, 0.717) is 61.0 Å². The largest absolute Gasteiger partial charge is 0.490 e. The number of hydrogen-bond donors (Lipinski definition) is 3. The molecular weight excluding hydrogens is 931 g/mol. The standard InChI is InChI=1S/C55H57N9O7S/c1-33-30-38(71-37-13-11-36(12-14-37)70-29-28-62-24-26-63(27-25-62)35-10-16-42-46(31-35)61(2)60-50(42)43-19-21-49(65)58-53(43)67)15-17-39(33)40-18-20-48(57-51(40)54(68)69)64-23-22-34-6-5-7-41(44(34)32-64)52(66)59-55-56-45-8-3-4-9-47(45)72-55/h3-10,15-18,20,30-31,36-37,43H,11-14,19,21-29,32H2,1-2H3,(H,68,69)(H,56,59,66)(H,58,65,67). The fourth-order valence-electron chi connectivity index (χ4n) is 10.9. The number of piperazine rings is 1. The van der Waals surface area contributed by atoms with Crippen molar-refractivity contribution in [2.45, 2.75) is 76.5 Å². The fourth-order valence-corrected chi connectivity index (χ4v) is 11.7. The number of pyridine rings is 1. The van der Waals surface area contributed by atoms with E-state index in [0.717, 1.165) is 119 Å². The number of piperidine rings is 1. The van der Waals surface area contributed by atoms with Crippen molar-refractivity contribution in [2.75, 3.05) is 61.0 Å². The molecule has 2 saturated heterocycles. The number of ether oxygens (including phenoxy) is 2. The van der Waals surface area contributed by atoms with Crippen LogP contribution >= 0.6 is 11.3 Å². The Bertz CT molecular complexity index is 3190. The third kappa shape index (κ3) is 9.75. The number of hydrogen-bond acceptors (Lipinski definition) is 13. The highest BCUT2D eigenvalue weighted by atomic mass is 32.1. The molecule has 16 nitrogen and oxygen atoms in total. The Hall–Kier alpha value is -7.21. The van der Waals surface area contributed by atoms with Gasteiger partial charge in [0.1, 0.15) is 11.6 Å². The number of nitrogens with one attached hydrogen (secondary N) is 2. The second kappa shape index (κ2) is 20.1. The number of carbonyl (C=O) groups is 4. The maximum absolute atomic E-state index is 13.6. The Balaban J connectivity index is 0.648. The predicted octanol–water partition coefficient (Wildman–Crippen LogP) is 8.12. The maximum atomic E-state index is 13.6. The molecule has 0 spiro atoms. The summed E-state index contributed by atoms with van der Waals surface area (Å²) in [4.78, 5) is 66.9. The van der Waals surface area contributed by atoms with Crippen LogP contribution in [0.25, 0.3) is 32.2 Å². The number of nitrogens with zero attached hydrogens (tertiary/aromatic N) is 7. The average Bonchev–Trinajstić information content (AvgIpc) is 3.95. The second-order valence-corrected chi connectivity index (χ2v) is 20.4. The molecule has 0 bridgehead atoms. The molecule has 11 rings (SSSR count). The summed E-state index contributed by atoms with van der Waals surface area (Å²) >= 11 is 1.43. The number of benzene rings is 4. The van der Waals surface area contributed by atoms with E-state index in [2.05, 4.69) is 43.6 Å². The van der Waals surface area contributed by atoms with E-state index in [4.69, 9.17) is 19.6 Å². The summed E-state index contributed by atoms with van der Waals surface area (Å²) in [5.41, 5.74) is 8.41. The lowest BCUT2D eigenvalue weighted by molar-refractivity contribution is -0.134. The minimum atomic E-state index is -1.11. The van der Waals surface area contributed by atoms with Crippen LogP contribution < -0.4 is 25.2 Å². The Morgan fingerprint density at radius 3 is 2.43 bits per heavy atom. The number of fused-ring (bicyclic) bond motifs is 3. The highest BCUT2D eigenvalue weighted by Crippen LogP contribution is 2.36. The number of amides is 3. The minimum absolute atomic E-state index is 0.0268. The zero-order chi connectivity index (χ0) is 49.5. The summed E-state index contributed by atoms with van der Waals surface area (Å²) in [5.74, 6) is -0.951. The molecule has 3 N–H and O–H groups in total. The number of anilines is 3. The van der Waals surface area contributed by atoms with Crippen LogP contribution in [0.15, 0.2) is 91.0 Å². The van der Waals surface area contributed by atoms with Gasteiger partial charge in [-0.1, -0.05) is 41.7 Å². The van der Waals surface area contributed by atoms with Gasteiger partial charge < -0.3 is 24.4 Å². The number of rotatable bonds is 13. The van der Waals surface area contributed by atoms with Gasteiger partial charge in [0.25, 0.3) is 5.91 Å². The highest BCUT2D eigenvalue weighted by Gasteiger charge is 2.32. The van der Waals surface area contributed by atoms with Crippen molar-refractivity contribution in [3.05, 3.63) is 125 Å². The topological polar surface area (TPSA) is 184 Å². The smallest absolute Gasteiger partial charge is 0.355 e. The van der Waals surface area contributed by atoms with Gasteiger partial charge >= 0.3 is 5.97 Å². The molecule has 4 aromatic carbocycles. The average molecular weight is 988 g/mol. The molecule has 3 aromatic heterocycles. The van der Waals surface area contributed by atoms with Gasteiger partial charge in [-0.15, -0.1) is 0 Å². The first kappa shape index (κ1) is 47.1. The van der Waals surface area contributed by atoms with Crippen LogP contribution in [0.3, 0.4) is 0 Å². The number of carbonyl (C=O) groups excluding carboxylic acids is 3. The summed E-state index contributed by atoms with van der Waals surface area (Å²) in [5, 5.41) is 22.1. The number of aryl methyl sites for hydroxylation is 2. The molecule has 1 unspecified atom stereocenters. The summed E-state index contributed by atoms with van der Waals surface area (Å²) in [6, 6.07) is 29.4. The quantitative estimate of drug-likeness (QED) is 0.0943. The first-order valence-electron chi connectivity index (χ1n) is 24.9. The molecule has 1 saturated carbocycles. The van der Waals surface area contributed by atoms with Crippen LogP contribution in [-0.2, 0) is 34.3 Å². The number of carboxylic acid groups (broad SMARTS) is 1. The summed E-state index contributed by atoms with van der Waals surface area (Å²) in [6.45, 7) is 8.28. The van der Waals surface area contributed by atoms with Crippen molar-refractivity contribution in [2.24, 2.45) is 7.05 Å². The molecular formula is C55H57N9O7S. The number of para-hydroxylation sites is 1. The SMILES string of the molecule is Cc1cc(OC2CCC(OCCN3CCN(c4ccc5c(C6CCC(=O)NC6=O)nn(C)c5c4)CC3)CC2)ccc1-c1ccc(N2CCc3cccc(C(=O)Nc4nc5ccccc5s4)c3C2)nc1C(=O)O. The molecule has 370 valence electrons. The van der Waals surface area contributed by atoms with E-state index in [9.17, 15) is 24.3 Å². The van der Waals surface area contributed by atoms with E-state index in [1.165, 1.54) is 11.3 Å². The number of aromatic carboxylic acids is 1. The molecule has 3 fully saturated rings. The lowest BCUT2D eigenvalue weighted by atomic mass is 9.93. The number of aromatic nitrogens is 4. The van der Waals surface area contributed by atoms with Crippen LogP contribution in [0.5, 0.6) is 5.75 Å². The fraction of sp³-hybridized carbons (Fsp3) is 0.364. The van der Waals surface area contributed by atoms with Crippen LogP contribution in [0, 0.1) is 6.92 Å². The van der Waals surface area contributed by atoms with Gasteiger partial charge in [-0.25, -0.2) is 14.8 Å². The monoisotopic (exact) mass is 987 g/mol. The Morgan fingerprint density at radius 1 is 0.833 bits per heavy atom. The predicted molar refractivity (Wildman–Crippen MR) is 277 cm³/mol. The molecule has 3 aliphatic heterocycles. The van der Waals surface area contributed by atoms with Gasteiger partial charge in [-0.3, -0.25) is 34.6 Å². The van der Waals surface area contributed by atoms with Crippen molar-refractivity contribution >= 4 is 72.8 Å². The van der Waals surface area contributed by atoms with Gasteiger partial charge in [-0.05, 0) is 128 Å². The van der Waals surface area contributed by atoms with Crippen LogP contribution in [0.2, 0.25) is 0 Å². The molecule has 0 radical (unpaired) electrons. The normalized spacial score (nSPS) is 19.6. The zero-order valence-corrected chi connectivity index (χ0v) is 41.3. The summed E-state index contributed by atoms with van der Waals surface area (Å²) in [6.07, 6.45) is 5.41. The molecule has 4 aliphatic rings. The molecule has 72 heavy (non-hydrogen) atoms. The third-order valence-electron chi connectivity index (χ3n) is 14.8. The molecule has 1 aliphatic carbocycles. The van der Waals surface area contributed by atoms with Gasteiger partial charge in [-0.2, -0.15) is 5.10 Å². The second-order valence-electron chi connectivity index (χ2n) is 19.3. The van der Waals surface area contributed by atoms with Crippen LogP contribution in [-0.4, -0.2) is 112 Å². The van der Waals surface area contributed by atoms with Crippen molar-refractivity contribution in [3.63, 3.8) is 0 Å². The van der Waals surface area contributed by atoms with Crippen molar-refractivity contribution in [1.82, 2.24) is 30.0 Å². The molecule has 1 atom stereocenters. The summed E-state index contributed by atoms with van der Waals surface area (Å²) in [7, 11) is 1.90. The first-order chi connectivity index (χ1) is 35.0. The van der Waals surface area contributed by atoms with Crippen molar-refractivity contribution < 1.29 is 33.8 Å². The van der Waals surface area contributed by atoms with E-state index in [1.54, 1.807) is 0 Å². The van der Waals surface area contributed by atoms with Gasteiger partial charge in [0.2, 0.25) is 11.8 Å². The molecule has 7 aromatic rings. The highest BCUT2D eigenvalue weighted by molar-refractivity contribution is 7.22. The van der Waals surface area contributed by atoms with E-state index in [-0.39, 0.29) is 35.6 Å². The number of carboxylic acids is 1. The van der Waals surface area contributed by atoms with E-state index < -0.39 is 11.9 Å². The van der Waals surface area contributed by atoms with Crippen molar-refractivity contribution in [1.29, 1.82) is 0 Å². The Morgan fingerprint density at radius 2 is 1.64 bits per heavy atom. The Labute approximate surface area is 420 Å². The molecule has 3 amide bonds. The van der Waals surface area contributed by atoms with Crippen molar-refractivity contribution in [3.8, 4) is 16.9 Å². The van der Waals surface area contributed by atoms with Gasteiger partial charge in [0.15, 0.2) is 10.8 Å². The van der Waals surface area contributed by atoms with Crippen LogP contribution in [0.4, 0.5) is 16.6 Å². The van der Waals surface area contributed by atoms with Gasteiger partial charge in [0.05, 0.1) is 46.2 Å². The van der Waals surface area contributed by atoms with Gasteiger partial charge in [0, 0.05) is 81.5 Å². The van der Waals surface area contributed by atoms with E-state index in [1.807, 2.05) is 96.3 Å². The third-order valence-corrected chi connectivity index (χ3v) is 15.7. The first-order valence-corrected chi connectivity index (χ1v) is 25.8. The summed E-state index contributed by atoms with van der Waals surface area (Å²) < 4.78 is 15.7. The minimum Gasteiger partial charge on any atom is -0.490 e. The molecule has 6 heterocycles. The lowest BCUT2D eigenvalue weighted by Crippen LogP contribution is -2.47. The number of imide groups is 1. The maximum Gasteiger partial charge on any atom is 0.355 e. The lowest BCUT2D eigenvalue weighted by Gasteiger charge is -2.36. The van der Waals surface area contributed by atoms with Crippen LogP contribution in [0.1, 0.15) is 87.7 Å². The number of thiazole rings is 1. The zero-order valence-electron chi connectivity index (χ0n) is 40.4. The van der Waals surface area contributed by atoms with E-state index >= 15 is 0 Å². The Kier molecular flexibility index (Phi) is 13.2.